The van der Waals surface area contributed by atoms with Gasteiger partial charge in [-0.25, -0.2) is 9.18 Å². The van der Waals surface area contributed by atoms with Crippen molar-refractivity contribution in [1.82, 2.24) is 9.21 Å². The minimum Gasteiger partial charge on any atom is -0.367 e. The second kappa shape index (κ2) is 6.52. The van der Waals surface area contributed by atoms with Gasteiger partial charge in [0, 0.05) is 0 Å². The van der Waals surface area contributed by atoms with Gasteiger partial charge in [0.05, 0.1) is 6.54 Å². The number of nitrogens with zero attached hydrogens (tertiary/aromatic N) is 2. The van der Waals surface area contributed by atoms with E-state index in [2.05, 4.69) is 0 Å². The van der Waals surface area contributed by atoms with Crippen LogP contribution in [0, 0.1) is 5.82 Å². The molecule has 0 unspecified atom stereocenters. The van der Waals surface area contributed by atoms with Crippen molar-refractivity contribution in [2.45, 2.75) is 6.54 Å². The molecule has 1 aliphatic heterocycles. The molecule has 1 saturated heterocycles. The fraction of sp³-hybridized carbons (Fsp3) is 0.125. The predicted molar refractivity (Wildman–Crippen MR) is 85.0 cm³/mol. The first kappa shape index (κ1) is 16.9. The van der Waals surface area contributed by atoms with Crippen LogP contribution in [0.1, 0.15) is 5.56 Å². The summed E-state index contributed by atoms with van der Waals surface area (Å²) in [5.41, 5.74) is 0.683. The van der Waals surface area contributed by atoms with Gasteiger partial charge in [0.1, 0.15) is 18.1 Å². The molecule has 2 aromatic carbocycles. The highest BCUT2D eigenvalue weighted by atomic mass is 32.2. The minimum atomic E-state index is -4.53. The maximum absolute atomic E-state index is 12.9. The fourth-order valence-corrected chi connectivity index (χ4v) is 3.27. The van der Waals surface area contributed by atoms with Crippen LogP contribution in [0.2, 0.25) is 0 Å². The summed E-state index contributed by atoms with van der Waals surface area (Å²) >= 11 is 0. The molecule has 1 heterocycles. The monoisotopic (exact) mass is 364 g/mol. The summed E-state index contributed by atoms with van der Waals surface area (Å²) in [5.74, 6) is -1.38. The average Bonchev–Trinajstić information content (AvgIpc) is 2.87. The highest BCUT2D eigenvalue weighted by Crippen LogP contribution is 2.21. The van der Waals surface area contributed by atoms with E-state index >= 15 is 0 Å². The van der Waals surface area contributed by atoms with E-state index in [1.165, 1.54) is 0 Å². The Morgan fingerprint density at radius 2 is 1.64 bits per heavy atom. The number of rotatable bonds is 5. The number of hydrogen-bond acceptors (Lipinski definition) is 5. The molecule has 2 aromatic rings. The van der Waals surface area contributed by atoms with Crippen LogP contribution in [0.15, 0.2) is 54.6 Å². The molecule has 1 fully saturated rings. The second-order valence-electron chi connectivity index (χ2n) is 5.25. The van der Waals surface area contributed by atoms with Crippen molar-refractivity contribution in [2.75, 3.05) is 6.54 Å². The molecule has 130 valence electrons. The number of urea groups is 1. The first-order valence-electron chi connectivity index (χ1n) is 7.23. The lowest BCUT2D eigenvalue weighted by Crippen LogP contribution is -2.38. The van der Waals surface area contributed by atoms with Crippen molar-refractivity contribution in [3.05, 3.63) is 66.0 Å². The van der Waals surface area contributed by atoms with Gasteiger partial charge in [-0.1, -0.05) is 30.3 Å². The largest absolute Gasteiger partial charge is 0.414 e. The molecule has 7 nitrogen and oxygen atoms in total. The predicted octanol–water partition coefficient (Wildman–Crippen LogP) is 1.91. The third-order valence-electron chi connectivity index (χ3n) is 3.49. The average molecular weight is 364 g/mol. The number of amides is 3. The van der Waals surface area contributed by atoms with Crippen LogP contribution >= 0.6 is 0 Å². The summed E-state index contributed by atoms with van der Waals surface area (Å²) < 4.78 is 42.5. The third-order valence-corrected chi connectivity index (χ3v) is 4.72. The zero-order chi connectivity index (χ0) is 18.0. The van der Waals surface area contributed by atoms with Gasteiger partial charge in [0.15, 0.2) is 0 Å². The van der Waals surface area contributed by atoms with E-state index in [-0.39, 0.29) is 12.3 Å². The summed E-state index contributed by atoms with van der Waals surface area (Å²) in [6.45, 7) is -0.684. The molecule has 0 atom stereocenters. The summed E-state index contributed by atoms with van der Waals surface area (Å²) in [7, 11) is -4.53. The maximum Gasteiger partial charge on any atom is 0.414 e. The lowest BCUT2D eigenvalue weighted by atomic mass is 10.2. The molecule has 9 heteroatoms. The van der Waals surface area contributed by atoms with Gasteiger partial charge in [-0.05, 0) is 29.8 Å². The summed E-state index contributed by atoms with van der Waals surface area (Å²) in [6.07, 6.45) is 0. The van der Waals surface area contributed by atoms with Gasteiger partial charge >= 0.3 is 16.3 Å². The summed E-state index contributed by atoms with van der Waals surface area (Å²) in [5, 5.41) is 0. The first-order chi connectivity index (χ1) is 11.9. The molecule has 0 bridgehead atoms. The van der Waals surface area contributed by atoms with Gasteiger partial charge in [0.2, 0.25) is 0 Å². The van der Waals surface area contributed by atoms with Crippen LogP contribution < -0.4 is 4.18 Å². The normalized spacial score (nSPS) is 14.9. The first-order valence-corrected chi connectivity index (χ1v) is 8.59. The van der Waals surface area contributed by atoms with Crippen LogP contribution in [0.3, 0.4) is 0 Å². The fourth-order valence-electron chi connectivity index (χ4n) is 2.27. The lowest BCUT2D eigenvalue weighted by Gasteiger charge is -2.17. The van der Waals surface area contributed by atoms with Crippen molar-refractivity contribution in [2.24, 2.45) is 0 Å². The molecule has 1 aliphatic rings. The Morgan fingerprint density at radius 1 is 1.00 bits per heavy atom. The Balaban J connectivity index is 1.77. The molecule has 0 radical (unpaired) electrons. The zero-order valence-electron chi connectivity index (χ0n) is 12.8. The molecular formula is C16H13FN2O5S. The van der Waals surface area contributed by atoms with Gasteiger partial charge in [-0.2, -0.15) is 12.7 Å². The number of carbonyl (C=O) groups excluding carboxylic acids is 2. The van der Waals surface area contributed by atoms with Crippen molar-refractivity contribution < 1.29 is 26.6 Å². The van der Waals surface area contributed by atoms with Gasteiger partial charge < -0.3 is 4.18 Å². The molecule has 25 heavy (non-hydrogen) atoms. The minimum absolute atomic E-state index is 0.0406. The number of carbonyl (C=O) groups is 2. The molecule has 3 amide bonds. The van der Waals surface area contributed by atoms with E-state index < -0.39 is 34.6 Å². The second-order valence-corrected chi connectivity index (χ2v) is 6.71. The van der Waals surface area contributed by atoms with E-state index in [1.807, 2.05) is 0 Å². The molecular weight excluding hydrogens is 351 g/mol. The Morgan fingerprint density at radius 3 is 2.28 bits per heavy atom. The molecule has 0 aliphatic carbocycles. The number of hydrogen-bond donors (Lipinski definition) is 0. The van der Waals surface area contributed by atoms with Gasteiger partial charge in [0.25, 0.3) is 5.91 Å². The zero-order valence-corrected chi connectivity index (χ0v) is 13.6. The standard InChI is InChI=1S/C16H13FN2O5S/c17-13-6-8-14(9-7-13)24-25(22,23)19-11-15(20)18(16(19)21)10-12-4-2-1-3-5-12/h1-9H,10-11H2. The summed E-state index contributed by atoms with van der Waals surface area (Å²) in [4.78, 5) is 25.2. The quantitative estimate of drug-likeness (QED) is 0.757. The molecule has 0 N–H and O–H groups in total. The van der Waals surface area contributed by atoms with Crippen molar-refractivity contribution in [3.8, 4) is 5.75 Å². The Bertz CT molecular complexity index is 900. The van der Waals surface area contributed by atoms with E-state index in [9.17, 15) is 22.4 Å². The number of imide groups is 1. The molecule has 0 aromatic heterocycles. The highest BCUT2D eigenvalue weighted by Gasteiger charge is 2.44. The topological polar surface area (TPSA) is 84.0 Å². The third kappa shape index (κ3) is 3.61. The molecule has 3 rings (SSSR count). The smallest absolute Gasteiger partial charge is 0.367 e. The number of halogens is 1. The van der Waals surface area contributed by atoms with Gasteiger partial charge in [-0.15, -0.1) is 0 Å². The van der Waals surface area contributed by atoms with E-state index in [1.54, 1.807) is 30.3 Å². The molecule has 0 saturated carbocycles. The van der Waals surface area contributed by atoms with Crippen LogP contribution in [-0.2, 0) is 21.6 Å². The Labute approximate surface area is 143 Å². The van der Waals surface area contributed by atoms with Gasteiger partial charge in [-0.3, -0.25) is 9.69 Å². The van der Waals surface area contributed by atoms with Crippen molar-refractivity contribution in [1.29, 1.82) is 0 Å². The molecule has 0 spiro atoms. The van der Waals surface area contributed by atoms with E-state index in [4.69, 9.17) is 4.18 Å². The lowest BCUT2D eigenvalue weighted by molar-refractivity contribution is -0.125. The van der Waals surface area contributed by atoms with Crippen LogP contribution in [0.4, 0.5) is 9.18 Å². The van der Waals surface area contributed by atoms with Crippen molar-refractivity contribution >= 4 is 22.2 Å². The maximum atomic E-state index is 12.9. The van der Waals surface area contributed by atoms with Crippen molar-refractivity contribution in [3.63, 3.8) is 0 Å². The Kier molecular flexibility index (Phi) is 4.41. The Hall–Kier alpha value is -2.94. The van der Waals surface area contributed by atoms with Crippen LogP contribution in [0.5, 0.6) is 5.75 Å². The number of benzene rings is 2. The van der Waals surface area contributed by atoms with Crippen LogP contribution in [0.25, 0.3) is 0 Å². The van der Waals surface area contributed by atoms with E-state index in [0.717, 1.165) is 29.2 Å². The van der Waals surface area contributed by atoms with E-state index in [0.29, 0.717) is 9.87 Å². The van der Waals surface area contributed by atoms with Crippen LogP contribution in [-0.4, -0.2) is 36.1 Å². The SMILES string of the molecule is O=C1CN(S(=O)(=O)Oc2ccc(F)cc2)C(=O)N1Cc1ccccc1. The highest BCUT2D eigenvalue weighted by molar-refractivity contribution is 7.85. The summed E-state index contributed by atoms with van der Waals surface area (Å²) in [6, 6.07) is 12.0.